The molecule has 0 aromatic carbocycles. The Morgan fingerprint density at radius 1 is 1.70 bits per heavy atom. The minimum atomic E-state index is -0.537. The summed E-state index contributed by atoms with van der Waals surface area (Å²) in [5.41, 5.74) is -0.537. The number of allylic oxidation sites excluding steroid dienone is 1. The van der Waals surface area contributed by atoms with Gasteiger partial charge in [0.15, 0.2) is 0 Å². The van der Waals surface area contributed by atoms with Gasteiger partial charge in [-0.05, 0) is 25.7 Å². The smallest absolute Gasteiger partial charge is 0.0662 e. The van der Waals surface area contributed by atoms with Gasteiger partial charge in [-0.1, -0.05) is 6.08 Å². The number of aliphatic hydroxyl groups is 1. The molecular weight excluding hydrogens is 144 g/mol. The largest absolute Gasteiger partial charge is 0.390 e. The molecule has 0 aromatic rings. The van der Waals surface area contributed by atoms with Gasteiger partial charge in [0.25, 0.3) is 0 Å². The van der Waals surface area contributed by atoms with Gasteiger partial charge in [0, 0.05) is 11.7 Å². The van der Waals surface area contributed by atoms with E-state index >= 15 is 0 Å². The first-order valence-electron chi connectivity index (χ1n) is 3.54. The molecule has 1 heterocycles. The van der Waals surface area contributed by atoms with Crippen LogP contribution < -0.4 is 0 Å². The van der Waals surface area contributed by atoms with Gasteiger partial charge in [-0.3, -0.25) is 0 Å². The van der Waals surface area contributed by atoms with E-state index in [2.05, 4.69) is 13.0 Å². The minimum absolute atomic E-state index is 0.345. The first kappa shape index (κ1) is 8.15. The molecule has 0 saturated heterocycles. The molecule has 0 spiro atoms. The molecule has 1 N–H and O–H groups in total. The molecule has 1 atom stereocenters. The highest BCUT2D eigenvalue weighted by Gasteiger charge is 2.28. The quantitative estimate of drug-likeness (QED) is 0.630. The van der Waals surface area contributed by atoms with Gasteiger partial charge >= 0.3 is 0 Å². The zero-order chi connectivity index (χ0) is 7.78. The first-order chi connectivity index (χ1) is 4.50. The van der Waals surface area contributed by atoms with Crippen molar-refractivity contribution in [2.24, 2.45) is 5.92 Å². The highest BCUT2D eigenvalue weighted by atomic mass is 32.2. The summed E-state index contributed by atoms with van der Waals surface area (Å²) in [4.78, 5) is 1.34. The zero-order valence-corrected chi connectivity index (χ0v) is 7.53. The summed E-state index contributed by atoms with van der Waals surface area (Å²) >= 11 is 1.83. The summed E-state index contributed by atoms with van der Waals surface area (Å²) in [7, 11) is 0. The van der Waals surface area contributed by atoms with Crippen molar-refractivity contribution in [3.05, 3.63) is 11.0 Å². The molecule has 0 aromatic heterocycles. The second-order valence-electron chi connectivity index (χ2n) is 3.35. The summed E-state index contributed by atoms with van der Waals surface area (Å²) in [6.07, 6.45) is 2.16. The Hall–Kier alpha value is 0.0500. The van der Waals surface area contributed by atoms with E-state index in [1.165, 1.54) is 4.91 Å². The standard InChI is InChI=1S/C8H14OS/c1-6-4-7(5-10-6)8(2,3)9/h4,7,9H,5H2,1-3H3. The zero-order valence-electron chi connectivity index (χ0n) is 6.72. The third kappa shape index (κ3) is 1.77. The lowest BCUT2D eigenvalue weighted by Crippen LogP contribution is -2.29. The maximum Gasteiger partial charge on any atom is 0.0662 e. The Morgan fingerprint density at radius 2 is 2.30 bits per heavy atom. The summed E-state index contributed by atoms with van der Waals surface area (Å²) in [5.74, 6) is 1.38. The number of hydrogen-bond acceptors (Lipinski definition) is 2. The van der Waals surface area contributed by atoms with Crippen LogP contribution in [-0.2, 0) is 0 Å². The normalized spacial score (nSPS) is 26.8. The van der Waals surface area contributed by atoms with Gasteiger partial charge in [0.05, 0.1) is 5.60 Å². The third-order valence-electron chi connectivity index (χ3n) is 1.83. The molecule has 1 unspecified atom stereocenters. The SMILES string of the molecule is CC1=CC(C(C)(C)O)CS1. The van der Waals surface area contributed by atoms with Crippen LogP contribution in [0.4, 0.5) is 0 Å². The maximum absolute atomic E-state index is 9.58. The van der Waals surface area contributed by atoms with E-state index in [0.717, 1.165) is 5.75 Å². The molecule has 1 aliphatic heterocycles. The summed E-state index contributed by atoms with van der Waals surface area (Å²) < 4.78 is 0. The van der Waals surface area contributed by atoms with Crippen LogP contribution >= 0.6 is 11.8 Å². The van der Waals surface area contributed by atoms with Crippen LogP contribution in [0.2, 0.25) is 0 Å². The Labute approximate surface area is 66.5 Å². The molecule has 0 fully saturated rings. The van der Waals surface area contributed by atoms with Crippen LogP contribution in [0.1, 0.15) is 20.8 Å². The summed E-state index contributed by atoms with van der Waals surface area (Å²) in [6, 6.07) is 0. The van der Waals surface area contributed by atoms with E-state index in [9.17, 15) is 5.11 Å². The molecule has 2 heteroatoms. The van der Waals surface area contributed by atoms with Crippen LogP contribution in [0, 0.1) is 5.92 Å². The van der Waals surface area contributed by atoms with Crippen molar-refractivity contribution >= 4 is 11.8 Å². The van der Waals surface area contributed by atoms with Crippen LogP contribution in [0.15, 0.2) is 11.0 Å². The topological polar surface area (TPSA) is 20.2 Å². The van der Waals surface area contributed by atoms with E-state index in [0.29, 0.717) is 5.92 Å². The highest BCUT2D eigenvalue weighted by Crippen LogP contribution is 2.34. The molecule has 10 heavy (non-hydrogen) atoms. The Kier molecular flexibility index (Phi) is 2.11. The van der Waals surface area contributed by atoms with Crippen molar-refractivity contribution in [2.45, 2.75) is 26.4 Å². The van der Waals surface area contributed by atoms with Gasteiger partial charge in [0.1, 0.15) is 0 Å². The molecule has 1 nitrogen and oxygen atoms in total. The van der Waals surface area contributed by atoms with Gasteiger partial charge in [0.2, 0.25) is 0 Å². The predicted molar refractivity (Wildman–Crippen MR) is 46.0 cm³/mol. The first-order valence-corrected chi connectivity index (χ1v) is 4.52. The molecule has 1 rings (SSSR count). The molecule has 0 amide bonds. The highest BCUT2D eigenvalue weighted by molar-refractivity contribution is 8.03. The Bertz CT molecular complexity index is 155. The lowest BCUT2D eigenvalue weighted by atomic mass is 9.93. The van der Waals surface area contributed by atoms with Crippen molar-refractivity contribution in [3.63, 3.8) is 0 Å². The van der Waals surface area contributed by atoms with Gasteiger partial charge < -0.3 is 5.11 Å². The van der Waals surface area contributed by atoms with E-state index in [1.807, 2.05) is 25.6 Å². The fourth-order valence-corrected chi connectivity index (χ4v) is 2.22. The molecule has 58 valence electrons. The molecule has 0 radical (unpaired) electrons. The molecule has 1 aliphatic rings. The average Bonchev–Trinajstić information content (AvgIpc) is 2.11. The van der Waals surface area contributed by atoms with Crippen LogP contribution in [0.3, 0.4) is 0 Å². The van der Waals surface area contributed by atoms with E-state index < -0.39 is 5.60 Å². The fraction of sp³-hybridized carbons (Fsp3) is 0.750. The predicted octanol–water partition coefficient (Wildman–Crippen LogP) is 2.02. The number of hydrogen-bond donors (Lipinski definition) is 1. The van der Waals surface area contributed by atoms with Crippen LogP contribution in [0.25, 0.3) is 0 Å². The summed E-state index contributed by atoms with van der Waals surface area (Å²) in [5, 5.41) is 9.58. The van der Waals surface area contributed by atoms with Crippen LogP contribution in [-0.4, -0.2) is 16.5 Å². The average molecular weight is 158 g/mol. The lowest BCUT2D eigenvalue weighted by molar-refractivity contribution is 0.0466. The maximum atomic E-state index is 9.58. The molecule has 0 aliphatic carbocycles. The molecular formula is C8H14OS. The molecule has 0 saturated carbocycles. The van der Waals surface area contributed by atoms with Crippen molar-refractivity contribution < 1.29 is 5.11 Å². The monoisotopic (exact) mass is 158 g/mol. The fourth-order valence-electron chi connectivity index (χ4n) is 1.01. The lowest BCUT2D eigenvalue weighted by Gasteiger charge is -2.22. The van der Waals surface area contributed by atoms with Gasteiger partial charge in [-0.25, -0.2) is 0 Å². The molecule has 0 bridgehead atoms. The van der Waals surface area contributed by atoms with Crippen molar-refractivity contribution in [3.8, 4) is 0 Å². The van der Waals surface area contributed by atoms with Gasteiger partial charge in [-0.15, -0.1) is 11.8 Å². The van der Waals surface area contributed by atoms with E-state index in [1.54, 1.807) is 0 Å². The van der Waals surface area contributed by atoms with Gasteiger partial charge in [-0.2, -0.15) is 0 Å². The summed E-state index contributed by atoms with van der Waals surface area (Å²) in [6.45, 7) is 5.83. The van der Waals surface area contributed by atoms with Crippen molar-refractivity contribution in [1.29, 1.82) is 0 Å². The van der Waals surface area contributed by atoms with E-state index in [-0.39, 0.29) is 0 Å². The van der Waals surface area contributed by atoms with E-state index in [4.69, 9.17) is 0 Å². The number of rotatable bonds is 1. The number of thioether (sulfide) groups is 1. The second-order valence-corrected chi connectivity index (χ2v) is 4.61. The van der Waals surface area contributed by atoms with Crippen molar-refractivity contribution in [2.75, 3.05) is 5.75 Å². The van der Waals surface area contributed by atoms with Crippen LogP contribution in [0.5, 0.6) is 0 Å². The third-order valence-corrected chi connectivity index (χ3v) is 2.95. The Morgan fingerprint density at radius 3 is 2.50 bits per heavy atom. The van der Waals surface area contributed by atoms with Crippen molar-refractivity contribution in [1.82, 2.24) is 0 Å². The minimum Gasteiger partial charge on any atom is -0.390 e. The second kappa shape index (κ2) is 2.59. The Balaban J connectivity index is 2.61.